The number of amides is 3. The molecule has 20 nitrogen and oxygen atoms in total. The fraction of sp³-hybridized carbons (Fsp3) is 0.310. The summed E-state index contributed by atoms with van der Waals surface area (Å²) in [7, 11) is 0. The molecule has 1 saturated heterocycles. The van der Waals surface area contributed by atoms with Crippen molar-refractivity contribution in [3.63, 3.8) is 0 Å². The summed E-state index contributed by atoms with van der Waals surface area (Å²) in [4.78, 5) is 67.5. The van der Waals surface area contributed by atoms with Crippen LogP contribution in [0, 0.1) is 0 Å². The van der Waals surface area contributed by atoms with Gasteiger partial charge in [-0.2, -0.15) is 15.4 Å². The summed E-state index contributed by atoms with van der Waals surface area (Å²) in [6.45, 7) is 0.315. The number of aromatic amines is 1. The van der Waals surface area contributed by atoms with Gasteiger partial charge in [-0.25, -0.2) is 9.59 Å². The lowest BCUT2D eigenvalue weighted by Gasteiger charge is -2.36. The minimum atomic E-state index is -1.41. The van der Waals surface area contributed by atoms with Crippen LogP contribution in [0.4, 0.5) is 5.69 Å². The molecule has 0 unspecified atom stereocenters. The second-order valence-electron chi connectivity index (χ2n) is 15.7. The number of aromatic nitrogens is 4. The summed E-state index contributed by atoms with van der Waals surface area (Å²) >= 11 is 5.52. The van der Waals surface area contributed by atoms with Crippen LogP contribution in [0.1, 0.15) is 98.1 Å². The Morgan fingerprint density at radius 2 is 1.70 bits per heavy atom. The number of hydrogen-bond acceptors (Lipinski definition) is 14. The number of aliphatic carboxylic acids is 1. The number of carbonyl (C=O) groups is 5. The highest BCUT2D eigenvalue weighted by Gasteiger charge is 2.54. The number of nitrogens with zero attached hydrogens (tertiary/aromatic N) is 4. The van der Waals surface area contributed by atoms with Crippen LogP contribution in [0.15, 0.2) is 71.5 Å². The number of phenolic OH excluding ortho intramolecular Hbond substituents is 2. The highest BCUT2D eigenvalue weighted by Crippen LogP contribution is 2.57. The number of carbonyl (C=O) groups excluding carboxylic acids is 4. The van der Waals surface area contributed by atoms with Gasteiger partial charge in [-0.3, -0.25) is 14.4 Å². The van der Waals surface area contributed by atoms with Gasteiger partial charge in [0, 0.05) is 59.6 Å². The van der Waals surface area contributed by atoms with Gasteiger partial charge in [-0.05, 0) is 87.1 Å². The molecule has 1 spiro atoms. The largest absolute Gasteiger partial charge is 0.508 e. The Morgan fingerprint density at radius 3 is 2.38 bits per heavy atom. The Hall–Kier alpha value is -7.55. The number of thiocarbonyl (C=S) groups is 1. The fourth-order valence-electron chi connectivity index (χ4n) is 8.35. The number of carboxylic acid groups (broad SMARTS) is 1. The number of anilines is 1. The van der Waals surface area contributed by atoms with E-state index in [1.54, 1.807) is 30.3 Å². The van der Waals surface area contributed by atoms with E-state index >= 15 is 0 Å². The van der Waals surface area contributed by atoms with E-state index in [0.717, 1.165) is 12.8 Å². The predicted molar refractivity (Wildman–Crippen MR) is 221 cm³/mol. The normalized spacial score (nSPS) is 18.3. The van der Waals surface area contributed by atoms with Gasteiger partial charge < -0.3 is 55.5 Å². The Morgan fingerprint density at radius 1 is 0.968 bits per heavy atom. The van der Waals surface area contributed by atoms with Crippen molar-refractivity contribution < 1.29 is 53.3 Å². The number of phenols is 2. The molecule has 2 aromatic heterocycles. The van der Waals surface area contributed by atoms with E-state index in [4.69, 9.17) is 26.2 Å². The molecule has 2 fully saturated rings. The number of H-pyrrole nitrogens is 1. The van der Waals surface area contributed by atoms with Crippen LogP contribution in [0.2, 0.25) is 0 Å². The Balaban J connectivity index is 0.807. The average Bonchev–Trinajstić information content (AvgIpc) is 3.60. The van der Waals surface area contributed by atoms with Crippen molar-refractivity contribution >= 4 is 52.7 Å². The van der Waals surface area contributed by atoms with Crippen LogP contribution in [0.5, 0.6) is 23.0 Å². The molecule has 1 aliphatic carbocycles. The summed E-state index contributed by atoms with van der Waals surface area (Å²) in [5, 5.41) is 55.8. The van der Waals surface area contributed by atoms with Gasteiger partial charge >= 0.3 is 11.9 Å². The first-order chi connectivity index (χ1) is 30.4. The molecule has 3 aliphatic heterocycles. The molecule has 3 atom stereocenters. The van der Waals surface area contributed by atoms with Gasteiger partial charge in [0.2, 0.25) is 5.91 Å². The minimum absolute atomic E-state index is 0.0197. The molecule has 0 radical (unpaired) electrons. The zero-order valence-electron chi connectivity index (χ0n) is 33.1. The van der Waals surface area contributed by atoms with Gasteiger partial charge in [0.1, 0.15) is 40.6 Å². The molecule has 324 valence electrons. The van der Waals surface area contributed by atoms with Gasteiger partial charge in [-0.15, -0.1) is 0 Å². The zero-order chi connectivity index (χ0) is 44.0. The third kappa shape index (κ3) is 7.81. The number of hydrogen-bond donors (Lipinski definition) is 8. The van der Waals surface area contributed by atoms with Crippen molar-refractivity contribution in [1.82, 2.24) is 41.4 Å². The van der Waals surface area contributed by atoms with Crippen LogP contribution in [-0.2, 0) is 19.9 Å². The van der Waals surface area contributed by atoms with Gasteiger partial charge in [0.25, 0.3) is 11.8 Å². The summed E-state index contributed by atoms with van der Waals surface area (Å²) < 4.78 is 17.5. The van der Waals surface area contributed by atoms with Gasteiger partial charge in [-0.1, -0.05) is 11.2 Å². The summed E-state index contributed by atoms with van der Waals surface area (Å²) in [6, 6.07) is 11.1. The smallest absolute Gasteiger partial charge is 0.340 e. The predicted octanol–water partition coefficient (Wildman–Crippen LogP) is 3.39. The maximum atomic E-state index is 13.8. The molecule has 8 N–H and O–H groups in total. The molecule has 4 aliphatic rings. The summed E-state index contributed by atoms with van der Waals surface area (Å²) in [5.74, 6) is -2.70. The third-order valence-corrected chi connectivity index (χ3v) is 11.7. The summed E-state index contributed by atoms with van der Waals surface area (Å²) in [5.41, 5.74) is 1.11. The van der Waals surface area contributed by atoms with E-state index in [1.807, 2.05) is 0 Å². The topological polar surface area (TPSA) is 283 Å². The number of carboxylic acids is 1. The molecule has 5 aromatic rings. The first-order valence-electron chi connectivity index (χ1n) is 20.1. The monoisotopic (exact) mass is 877 g/mol. The van der Waals surface area contributed by atoms with Gasteiger partial charge in [0.15, 0.2) is 22.2 Å². The van der Waals surface area contributed by atoms with Crippen LogP contribution < -0.4 is 26.0 Å². The minimum Gasteiger partial charge on any atom is -0.508 e. The molecule has 5 heterocycles. The standard InChI is InChI=1S/C42H39N9O11S/c52-23-7-10-28-33(15-23)60-34-16-24(53)8-11-29(34)42(28)27-9-6-21(13-25(27)40(59)61-42)47-41(63)43-12-2-1-3-30(39(57)58)48-37(55)32-14-22(46-36(54)31-18-44-50-49-31)19-51(32)38(56)26-17-45-62-35(26)20-4-5-20/h6-11,13,15-18,20,22,30,32,52-53H,1-5,12,14,19H2,(H,46,54)(H,48,55)(H,57,58)(H2,43,47,63)(H,44,49,50)/t22-,30-,32+/m1/s1. The maximum Gasteiger partial charge on any atom is 0.340 e. The molecular weight excluding hydrogens is 839 g/mol. The number of likely N-dealkylation sites (tertiary alicyclic amines) is 1. The molecule has 9 rings (SSSR count). The fourth-order valence-corrected chi connectivity index (χ4v) is 8.57. The lowest BCUT2D eigenvalue weighted by molar-refractivity contribution is -0.142. The van der Waals surface area contributed by atoms with E-state index in [-0.39, 0.29) is 70.2 Å². The number of aromatic hydroxyl groups is 2. The molecule has 21 heteroatoms. The van der Waals surface area contributed by atoms with Crippen molar-refractivity contribution in [2.45, 2.75) is 68.2 Å². The quantitative estimate of drug-likeness (QED) is 0.0478. The van der Waals surface area contributed by atoms with Crippen LogP contribution in [0.3, 0.4) is 0 Å². The number of fused-ring (bicyclic) bond motifs is 6. The van der Waals surface area contributed by atoms with Crippen molar-refractivity contribution in [3.8, 4) is 23.0 Å². The van der Waals surface area contributed by atoms with E-state index in [2.05, 4.69) is 41.8 Å². The maximum absolute atomic E-state index is 13.8. The van der Waals surface area contributed by atoms with Crippen molar-refractivity contribution in [3.05, 3.63) is 106 Å². The highest BCUT2D eigenvalue weighted by molar-refractivity contribution is 7.80. The second kappa shape index (κ2) is 16.4. The first kappa shape index (κ1) is 40.8. The number of rotatable bonds is 13. The number of unbranched alkanes of at least 4 members (excludes halogenated alkanes) is 1. The zero-order valence-corrected chi connectivity index (χ0v) is 33.9. The summed E-state index contributed by atoms with van der Waals surface area (Å²) in [6.07, 6.45) is 5.16. The van der Waals surface area contributed by atoms with E-state index in [1.165, 1.54) is 41.6 Å². The highest BCUT2D eigenvalue weighted by atomic mass is 32.1. The van der Waals surface area contributed by atoms with Gasteiger partial charge in [0.05, 0.1) is 18.0 Å². The van der Waals surface area contributed by atoms with E-state index in [0.29, 0.717) is 47.5 Å². The first-order valence-corrected chi connectivity index (χ1v) is 20.5. The molecule has 1 saturated carbocycles. The SMILES string of the molecule is O=C(N[C@@H]1C[C@@H](C(=O)N[C@H](CCCCNC(=S)Nc2ccc3c(c2)C(=O)OC32c3ccc(O)cc3Oc3cc(O)ccc32)C(=O)O)N(C(=O)c2cnoc2C2CC2)C1)c1cn[nH]n1. The Kier molecular flexibility index (Phi) is 10.6. The second-order valence-corrected chi connectivity index (χ2v) is 16.1. The van der Waals surface area contributed by atoms with Crippen LogP contribution in [0.25, 0.3) is 0 Å². The van der Waals surface area contributed by atoms with Crippen molar-refractivity contribution in [1.29, 1.82) is 0 Å². The Labute approximate surface area is 362 Å². The molecule has 63 heavy (non-hydrogen) atoms. The average molecular weight is 878 g/mol. The van der Waals surface area contributed by atoms with Crippen molar-refractivity contribution in [2.24, 2.45) is 0 Å². The Bertz CT molecular complexity index is 2610. The third-order valence-electron chi connectivity index (χ3n) is 11.5. The van der Waals surface area contributed by atoms with Crippen LogP contribution in [-0.4, -0.2) is 107 Å². The molecule has 0 bridgehead atoms. The molecule has 3 aromatic carbocycles. The molecule has 3 amide bonds. The molecular formula is C42H39N9O11S. The number of ether oxygens (including phenoxy) is 2. The number of esters is 1. The van der Waals surface area contributed by atoms with Crippen LogP contribution >= 0.6 is 12.2 Å². The lowest BCUT2D eigenvalue weighted by atomic mass is 9.77. The van der Waals surface area contributed by atoms with Crippen molar-refractivity contribution in [2.75, 3.05) is 18.4 Å². The lowest BCUT2D eigenvalue weighted by Crippen LogP contribution is -2.51. The van der Waals surface area contributed by atoms with E-state index in [9.17, 15) is 39.3 Å². The number of nitrogens with one attached hydrogen (secondary N) is 5. The number of benzene rings is 3. The van der Waals surface area contributed by atoms with E-state index < -0.39 is 53.4 Å².